The smallest absolute Gasteiger partial charge is 0.286 e. The van der Waals surface area contributed by atoms with E-state index in [1.165, 1.54) is 11.1 Å². The van der Waals surface area contributed by atoms with E-state index in [4.69, 9.17) is 0 Å². The number of benzene rings is 1. The van der Waals surface area contributed by atoms with E-state index < -0.39 is 35.0 Å². The molecule has 1 amide bonds. The first-order valence-electron chi connectivity index (χ1n) is 9.82. The molecule has 4 rings (SSSR count). The van der Waals surface area contributed by atoms with E-state index in [0.29, 0.717) is 16.8 Å². The van der Waals surface area contributed by atoms with Gasteiger partial charge >= 0.3 is 0 Å². The molecule has 0 saturated carbocycles. The summed E-state index contributed by atoms with van der Waals surface area (Å²) in [6.07, 6.45) is -0.251. The Morgan fingerprint density at radius 1 is 1.19 bits per heavy atom. The Hall–Kier alpha value is -3.12. The summed E-state index contributed by atoms with van der Waals surface area (Å²) in [6, 6.07) is 8.93. The first-order chi connectivity index (χ1) is 15.2. The predicted molar refractivity (Wildman–Crippen MR) is 108 cm³/mol. The molecule has 0 aliphatic carbocycles. The number of rotatable bonds is 7. The van der Waals surface area contributed by atoms with E-state index in [1.807, 2.05) is 6.07 Å². The van der Waals surface area contributed by atoms with Gasteiger partial charge in [-0.2, -0.15) is 22.7 Å². The van der Waals surface area contributed by atoms with Crippen molar-refractivity contribution in [3.8, 4) is 0 Å². The number of alkyl halides is 2. The number of nitrogens with zero attached hydrogens (tertiary/aromatic N) is 5. The molecule has 0 bridgehead atoms. The molecule has 1 aromatic carbocycles. The highest BCUT2D eigenvalue weighted by Crippen LogP contribution is 2.29. The van der Waals surface area contributed by atoms with E-state index in [2.05, 4.69) is 10.2 Å². The minimum atomic E-state index is -4.11. The Bertz CT molecular complexity index is 1200. The van der Waals surface area contributed by atoms with E-state index >= 15 is 0 Å². The van der Waals surface area contributed by atoms with Gasteiger partial charge in [-0.25, -0.2) is 8.78 Å². The largest absolute Gasteiger partial charge is 0.392 e. The maximum absolute atomic E-state index is 13.1. The fourth-order valence-electron chi connectivity index (χ4n) is 3.72. The van der Waals surface area contributed by atoms with Crippen LogP contribution in [-0.2, 0) is 34.5 Å². The molecule has 9 nitrogen and oxygen atoms in total. The average Bonchev–Trinajstić information content (AvgIpc) is 3.43. The van der Waals surface area contributed by atoms with Crippen molar-refractivity contribution in [2.75, 3.05) is 0 Å². The second-order valence-corrected chi connectivity index (χ2v) is 9.39. The summed E-state index contributed by atoms with van der Waals surface area (Å²) < 4.78 is 52.2. The Balaban J connectivity index is 1.52. The molecular weight excluding hydrogens is 444 g/mol. The van der Waals surface area contributed by atoms with Crippen LogP contribution in [0.25, 0.3) is 0 Å². The van der Waals surface area contributed by atoms with Crippen LogP contribution >= 0.6 is 0 Å². The number of aromatic nitrogens is 4. The third kappa shape index (κ3) is 4.15. The van der Waals surface area contributed by atoms with Gasteiger partial charge in [-0.05, 0) is 12.5 Å². The second-order valence-electron chi connectivity index (χ2n) is 7.59. The number of aliphatic hydroxyl groups excluding tert-OH is 1. The highest BCUT2D eigenvalue weighted by molar-refractivity contribution is 7.89. The fourth-order valence-corrected chi connectivity index (χ4v) is 4.84. The fraction of sp³-hybridized carbons (Fsp3) is 0.350. The molecule has 3 aromatic rings. The molecule has 2 aromatic heterocycles. The number of carbonyl (C=O) groups excluding carboxylic acids is 1. The highest BCUT2D eigenvalue weighted by Gasteiger charge is 2.35. The molecule has 3 heterocycles. The number of carbonyl (C=O) groups is 1. The second kappa shape index (κ2) is 8.43. The van der Waals surface area contributed by atoms with Crippen LogP contribution in [0.4, 0.5) is 8.78 Å². The third-order valence-corrected chi connectivity index (χ3v) is 6.74. The molecule has 0 radical (unpaired) electrons. The molecule has 0 spiro atoms. The lowest BCUT2D eigenvalue weighted by molar-refractivity contribution is -0.135. The zero-order valence-corrected chi connectivity index (χ0v) is 17.9. The molecule has 0 fully saturated rings. The van der Waals surface area contributed by atoms with Crippen LogP contribution in [0.5, 0.6) is 0 Å². The quantitative estimate of drug-likeness (QED) is 0.568. The van der Waals surface area contributed by atoms with Crippen LogP contribution in [-0.4, -0.2) is 55.8 Å². The first-order valence-corrected chi connectivity index (χ1v) is 11.3. The lowest BCUT2D eigenvalue weighted by Gasteiger charge is -2.25. The summed E-state index contributed by atoms with van der Waals surface area (Å²) in [5.74, 6) is -1.04. The first kappa shape index (κ1) is 22.1. The van der Waals surface area contributed by atoms with Crippen molar-refractivity contribution < 1.29 is 27.1 Å². The van der Waals surface area contributed by atoms with E-state index in [-0.39, 0.29) is 23.9 Å². The Morgan fingerprint density at radius 3 is 2.53 bits per heavy atom. The Labute approximate surface area is 182 Å². The SMILES string of the molecule is C[C@@H](O)[C@@H](C(=O)N1Cc2cn(S(=O)(=O)c3cnn(CC(F)F)c3)nc2C1)c1ccccc1. The van der Waals surface area contributed by atoms with E-state index in [9.17, 15) is 27.1 Å². The van der Waals surface area contributed by atoms with Crippen LogP contribution in [0.15, 0.2) is 53.8 Å². The normalized spacial score (nSPS) is 15.7. The van der Waals surface area contributed by atoms with Crippen LogP contribution in [0.2, 0.25) is 0 Å². The molecule has 170 valence electrons. The monoisotopic (exact) mass is 465 g/mol. The van der Waals surface area contributed by atoms with Crippen LogP contribution < -0.4 is 0 Å². The summed E-state index contributed by atoms with van der Waals surface area (Å²) in [5.41, 5.74) is 1.66. The number of hydrogen-bond acceptors (Lipinski definition) is 6. The lowest BCUT2D eigenvalue weighted by atomic mass is 9.93. The minimum absolute atomic E-state index is 0.0946. The van der Waals surface area contributed by atoms with Crippen molar-refractivity contribution in [1.29, 1.82) is 0 Å². The maximum atomic E-state index is 13.1. The zero-order chi connectivity index (χ0) is 23.0. The number of hydrogen-bond donors (Lipinski definition) is 1. The van der Waals surface area contributed by atoms with E-state index in [1.54, 1.807) is 31.2 Å². The lowest BCUT2D eigenvalue weighted by Crippen LogP contribution is -2.36. The van der Waals surface area contributed by atoms with Gasteiger partial charge in [0.1, 0.15) is 11.4 Å². The maximum Gasteiger partial charge on any atom is 0.286 e. The van der Waals surface area contributed by atoms with Gasteiger partial charge in [0, 0.05) is 24.5 Å². The molecule has 1 N–H and O–H groups in total. The summed E-state index contributed by atoms with van der Waals surface area (Å²) >= 11 is 0. The summed E-state index contributed by atoms with van der Waals surface area (Å²) in [4.78, 5) is 14.3. The topological polar surface area (TPSA) is 110 Å². The van der Waals surface area contributed by atoms with Gasteiger partial charge in [-0.1, -0.05) is 30.3 Å². The van der Waals surface area contributed by atoms with Crippen LogP contribution in [0.3, 0.4) is 0 Å². The van der Waals surface area contributed by atoms with Crippen molar-refractivity contribution in [3.05, 3.63) is 65.7 Å². The molecule has 2 atom stereocenters. The number of aliphatic hydroxyl groups is 1. The van der Waals surface area contributed by atoms with Gasteiger partial charge in [-0.15, -0.1) is 0 Å². The molecule has 1 aliphatic heterocycles. The van der Waals surface area contributed by atoms with Crippen molar-refractivity contribution in [2.24, 2.45) is 0 Å². The third-order valence-electron chi connectivity index (χ3n) is 5.26. The van der Waals surface area contributed by atoms with Gasteiger partial charge in [0.15, 0.2) is 0 Å². The number of halogens is 2. The van der Waals surface area contributed by atoms with Gasteiger partial charge in [-0.3, -0.25) is 9.48 Å². The van der Waals surface area contributed by atoms with Crippen molar-refractivity contribution in [3.63, 3.8) is 0 Å². The van der Waals surface area contributed by atoms with Gasteiger partial charge in [0.25, 0.3) is 16.4 Å². The van der Waals surface area contributed by atoms with Gasteiger partial charge < -0.3 is 10.0 Å². The molecule has 12 heteroatoms. The average molecular weight is 465 g/mol. The number of amides is 1. The van der Waals surface area contributed by atoms with Crippen molar-refractivity contribution >= 4 is 15.9 Å². The number of fused-ring (bicyclic) bond motifs is 1. The summed E-state index contributed by atoms with van der Waals surface area (Å²) in [6.45, 7) is 1.07. The van der Waals surface area contributed by atoms with Crippen LogP contribution in [0, 0.1) is 0 Å². The molecule has 32 heavy (non-hydrogen) atoms. The van der Waals surface area contributed by atoms with Gasteiger partial charge in [0.2, 0.25) is 5.91 Å². The molecule has 1 aliphatic rings. The van der Waals surface area contributed by atoms with Crippen LogP contribution in [0.1, 0.15) is 29.7 Å². The van der Waals surface area contributed by atoms with Crippen molar-refractivity contribution in [1.82, 2.24) is 23.9 Å². The minimum Gasteiger partial charge on any atom is -0.392 e. The molecule has 0 saturated heterocycles. The molecular formula is C20H21F2N5O4S. The molecule has 0 unspecified atom stereocenters. The van der Waals surface area contributed by atoms with Crippen molar-refractivity contribution in [2.45, 2.75) is 49.9 Å². The van der Waals surface area contributed by atoms with Gasteiger partial charge in [0.05, 0.1) is 30.5 Å². The highest BCUT2D eigenvalue weighted by atomic mass is 32.2. The predicted octanol–water partition coefficient (Wildman–Crippen LogP) is 1.59. The summed E-state index contributed by atoms with van der Waals surface area (Å²) in [5, 5.41) is 18.0. The zero-order valence-electron chi connectivity index (χ0n) is 17.0. The van der Waals surface area contributed by atoms with E-state index in [0.717, 1.165) is 21.2 Å². The summed E-state index contributed by atoms with van der Waals surface area (Å²) in [7, 11) is -4.11. The Morgan fingerprint density at radius 2 is 1.91 bits per heavy atom. The standard InChI is InChI=1S/C20H21F2N5O4S/c1-13(28)19(14-5-3-2-4-6-14)20(29)25-8-15-9-27(24-17(15)11-25)32(30,31)16-7-23-26(10-16)12-18(21)22/h2-7,9-10,13,18-19,28H,8,11-12H2,1H3/t13-,19-/m1/s1. The Kier molecular flexibility index (Phi) is 5.82.